The van der Waals surface area contributed by atoms with Crippen LogP contribution in [-0.2, 0) is 13.0 Å². The van der Waals surface area contributed by atoms with Crippen LogP contribution in [0.15, 0.2) is 36.4 Å². The monoisotopic (exact) mass is 311 g/mol. The molecule has 0 heterocycles. The van der Waals surface area contributed by atoms with E-state index in [2.05, 4.69) is 6.07 Å². The van der Waals surface area contributed by atoms with Crippen LogP contribution in [0.2, 0.25) is 0 Å². The molecule has 3 nitrogen and oxygen atoms in total. The molecule has 23 heavy (non-hydrogen) atoms. The normalized spacial score (nSPS) is 15.7. The van der Waals surface area contributed by atoms with Crippen LogP contribution in [0.4, 0.5) is 0 Å². The van der Waals surface area contributed by atoms with Gasteiger partial charge in [0.1, 0.15) is 11.5 Å². The van der Waals surface area contributed by atoms with E-state index >= 15 is 0 Å². The lowest BCUT2D eigenvalue weighted by molar-refractivity contribution is 0.413. The molecular weight excluding hydrogens is 286 g/mol. The third kappa shape index (κ3) is 3.67. The number of nitrogens with two attached hydrogens (primary N) is 1. The molecule has 0 amide bonds. The molecule has 1 saturated carbocycles. The van der Waals surface area contributed by atoms with Crippen LogP contribution >= 0.6 is 0 Å². The molecule has 122 valence electrons. The summed E-state index contributed by atoms with van der Waals surface area (Å²) in [4.78, 5) is 0. The van der Waals surface area contributed by atoms with Crippen LogP contribution in [0.5, 0.6) is 11.5 Å². The van der Waals surface area contributed by atoms with Crippen LogP contribution in [0.1, 0.15) is 60.3 Å². The van der Waals surface area contributed by atoms with Crippen molar-refractivity contribution in [1.82, 2.24) is 0 Å². The molecule has 0 atom stereocenters. The number of hydrogen-bond donors (Lipinski definition) is 3. The van der Waals surface area contributed by atoms with Gasteiger partial charge in [0.05, 0.1) is 0 Å². The highest BCUT2D eigenvalue weighted by Crippen LogP contribution is 2.38. The molecule has 0 saturated heterocycles. The smallest absolute Gasteiger partial charge is 0.119 e. The van der Waals surface area contributed by atoms with Crippen LogP contribution in [0, 0.1) is 0 Å². The Morgan fingerprint density at radius 3 is 2.26 bits per heavy atom. The van der Waals surface area contributed by atoms with E-state index in [0.29, 0.717) is 18.2 Å². The Morgan fingerprint density at radius 2 is 1.61 bits per heavy atom. The summed E-state index contributed by atoms with van der Waals surface area (Å²) in [5.74, 6) is 1.14. The van der Waals surface area contributed by atoms with Crippen molar-refractivity contribution in [2.24, 2.45) is 5.73 Å². The lowest BCUT2D eigenvalue weighted by Gasteiger charge is -2.24. The second kappa shape index (κ2) is 7.05. The van der Waals surface area contributed by atoms with Crippen molar-refractivity contribution in [1.29, 1.82) is 0 Å². The second-order valence-electron chi connectivity index (χ2n) is 6.56. The van der Waals surface area contributed by atoms with Gasteiger partial charge in [0, 0.05) is 6.54 Å². The maximum absolute atomic E-state index is 10.4. The summed E-state index contributed by atoms with van der Waals surface area (Å²) in [6.45, 7) is 0.423. The highest BCUT2D eigenvalue weighted by molar-refractivity contribution is 5.46. The van der Waals surface area contributed by atoms with E-state index in [4.69, 9.17) is 5.73 Å². The van der Waals surface area contributed by atoms with Gasteiger partial charge < -0.3 is 15.9 Å². The van der Waals surface area contributed by atoms with E-state index in [1.807, 2.05) is 18.2 Å². The highest BCUT2D eigenvalue weighted by atomic mass is 16.3. The lowest BCUT2D eigenvalue weighted by Crippen LogP contribution is -2.08. The molecule has 0 spiro atoms. The van der Waals surface area contributed by atoms with Gasteiger partial charge in [-0.15, -0.1) is 0 Å². The zero-order valence-electron chi connectivity index (χ0n) is 13.5. The van der Waals surface area contributed by atoms with Crippen LogP contribution in [0.25, 0.3) is 0 Å². The summed E-state index contributed by atoms with van der Waals surface area (Å²) in [5, 5.41) is 19.8. The average Bonchev–Trinajstić information content (AvgIpc) is 2.59. The second-order valence-corrected chi connectivity index (χ2v) is 6.56. The fourth-order valence-corrected chi connectivity index (χ4v) is 3.62. The molecule has 2 aromatic rings. The van der Waals surface area contributed by atoms with Crippen LogP contribution in [0.3, 0.4) is 0 Å². The number of hydrogen-bond acceptors (Lipinski definition) is 3. The Hall–Kier alpha value is -2.00. The number of rotatable bonds is 4. The first-order valence-electron chi connectivity index (χ1n) is 8.50. The maximum Gasteiger partial charge on any atom is 0.119 e. The Morgan fingerprint density at radius 1 is 0.913 bits per heavy atom. The summed E-state index contributed by atoms with van der Waals surface area (Å²) in [6, 6.07) is 11.3. The van der Waals surface area contributed by atoms with Gasteiger partial charge in [-0.25, -0.2) is 0 Å². The van der Waals surface area contributed by atoms with Crippen LogP contribution in [-0.4, -0.2) is 10.2 Å². The molecule has 0 aromatic heterocycles. The largest absolute Gasteiger partial charge is 0.508 e. The molecule has 1 aliphatic rings. The molecule has 4 N–H and O–H groups in total. The summed E-state index contributed by atoms with van der Waals surface area (Å²) in [7, 11) is 0. The molecule has 3 heteroatoms. The third-order valence-corrected chi connectivity index (χ3v) is 4.94. The predicted octanol–water partition coefficient (Wildman–Crippen LogP) is 4.20. The maximum atomic E-state index is 10.4. The van der Waals surface area contributed by atoms with Gasteiger partial charge in [-0.05, 0) is 65.6 Å². The summed E-state index contributed by atoms with van der Waals surface area (Å²) < 4.78 is 0. The molecule has 0 radical (unpaired) electrons. The zero-order valence-corrected chi connectivity index (χ0v) is 13.5. The zero-order chi connectivity index (χ0) is 16.2. The standard InChI is InChI=1S/C20H25NO2/c21-13-17-12-20(23)19(15-4-2-1-3-5-15)11-16(17)10-14-6-8-18(22)9-7-14/h6-9,11-12,15,22-23H,1-5,10,13,21H2. The SMILES string of the molecule is NCc1cc(O)c(C2CCCCC2)cc1Cc1ccc(O)cc1. The fourth-order valence-electron chi connectivity index (χ4n) is 3.62. The van der Waals surface area contributed by atoms with Gasteiger partial charge in [-0.2, -0.15) is 0 Å². The fraction of sp³-hybridized carbons (Fsp3) is 0.400. The number of benzene rings is 2. The van der Waals surface area contributed by atoms with Gasteiger partial charge in [-0.3, -0.25) is 0 Å². The molecule has 1 aliphatic carbocycles. The first-order valence-corrected chi connectivity index (χ1v) is 8.50. The molecule has 1 fully saturated rings. The first kappa shape index (κ1) is 15.9. The molecule has 0 unspecified atom stereocenters. The van der Waals surface area contributed by atoms with Crippen molar-refractivity contribution < 1.29 is 10.2 Å². The van der Waals surface area contributed by atoms with Crippen LogP contribution < -0.4 is 5.73 Å². The minimum atomic E-state index is 0.279. The number of phenols is 2. The minimum Gasteiger partial charge on any atom is -0.508 e. The van der Waals surface area contributed by atoms with Crippen molar-refractivity contribution in [3.63, 3.8) is 0 Å². The molecule has 3 rings (SSSR count). The lowest BCUT2D eigenvalue weighted by atomic mass is 9.82. The first-order chi connectivity index (χ1) is 11.2. The summed E-state index contributed by atoms with van der Waals surface area (Å²) in [6.07, 6.45) is 6.89. The van der Waals surface area contributed by atoms with E-state index in [-0.39, 0.29) is 5.75 Å². The quantitative estimate of drug-likeness (QED) is 0.793. The van der Waals surface area contributed by atoms with Gasteiger partial charge in [-0.1, -0.05) is 37.5 Å². The Bertz CT molecular complexity index is 658. The molecule has 0 aliphatic heterocycles. The third-order valence-electron chi connectivity index (χ3n) is 4.94. The Balaban J connectivity index is 1.92. The molecular formula is C20H25NO2. The topological polar surface area (TPSA) is 66.5 Å². The van der Waals surface area contributed by atoms with Crippen molar-refractivity contribution >= 4 is 0 Å². The Labute approximate surface area is 137 Å². The highest BCUT2D eigenvalue weighted by Gasteiger charge is 2.20. The average molecular weight is 311 g/mol. The number of aromatic hydroxyl groups is 2. The van der Waals surface area contributed by atoms with E-state index in [0.717, 1.165) is 36.0 Å². The van der Waals surface area contributed by atoms with Gasteiger partial charge >= 0.3 is 0 Å². The van der Waals surface area contributed by atoms with Crippen molar-refractivity contribution in [3.8, 4) is 11.5 Å². The van der Waals surface area contributed by atoms with Gasteiger partial charge in [0.25, 0.3) is 0 Å². The van der Waals surface area contributed by atoms with Crippen molar-refractivity contribution in [2.45, 2.75) is 51.0 Å². The van der Waals surface area contributed by atoms with E-state index in [9.17, 15) is 10.2 Å². The van der Waals surface area contributed by atoms with Crippen molar-refractivity contribution in [3.05, 3.63) is 58.7 Å². The van der Waals surface area contributed by atoms with Gasteiger partial charge in [0.2, 0.25) is 0 Å². The number of phenolic OH excluding ortho intramolecular Hbond substituents is 2. The Kier molecular flexibility index (Phi) is 4.87. The summed E-state index contributed by atoms with van der Waals surface area (Å²) >= 11 is 0. The van der Waals surface area contributed by atoms with Gasteiger partial charge in [0.15, 0.2) is 0 Å². The van der Waals surface area contributed by atoms with E-state index in [1.165, 1.54) is 24.8 Å². The predicted molar refractivity (Wildman–Crippen MR) is 92.7 cm³/mol. The minimum absolute atomic E-state index is 0.279. The molecule has 0 bridgehead atoms. The van der Waals surface area contributed by atoms with Crippen molar-refractivity contribution in [2.75, 3.05) is 0 Å². The van der Waals surface area contributed by atoms with E-state index in [1.54, 1.807) is 12.1 Å². The molecule has 2 aromatic carbocycles. The summed E-state index contributed by atoms with van der Waals surface area (Å²) in [5.41, 5.74) is 10.3. The van der Waals surface area contributed by atoms with E-state index < -0.39 is 0 Å².